The zero-order valence-corrected chi connectivity index (χ0v) is 11.5. The summed E-state index contributed by atoms with van der Waals surface area (Å²) in [7, 11) is 1.67. The van der Waals surface area contributed by atoms with Gasteiger partial charge in [0.1, 0.15) is 12.0 Å². The predicted octanol–water partition coefficient (Wildman–Crippen LogP) is 2.87. The topological polar surface area (TPSA) is 56.5 Å². The van der Waals surface area contributed by atoms with E-state index in [4.69, 9.17) is 13.9 Å². The van der Waals surface area contributed by atoms with Crippen LogP contribution in [0, 0.1) is 0 Å². The van der Waals surface area contributed by atoms with Crippen LogP contribution < -0.4 is 10.1 Å². The molecular formula is C15H18N2O3. The molecule has 1 aliphatic carbocycles. The van der Waals surface area contributed by atoms with Gasteiger partial charge in [-0.1, -0.05) is 12.1 Å². The highest BCUT2D eigenvalue weighted by Crippen LogP contribution is 2.23. The summed E-state index contributed by atoms with van der Waals surface area (Å²) in [5.41, 5.74) is 1.91. The Balaban J connectivity index is 1.60. The molecule has 5 nitrogen and oxygen atoms in total. The molecule has 1 N–H and O–H groups in total. The Kier molecular flexibility index (Phi) is 3.99. The van der Waals surface area contributed by atoms with E-state index in [-0.39, 0.29) is 6.08 Å². The molecule has 0 unspecified atom stereocenters. The summed E-state index contributed by atoms with van der Waals surface area (Å²) < 4.78 is 16.0. The molecule has 20 heavy (non-hydrogen) atoms. The Morgan fingerprint density at radius 1 is 1.40 bits per heavy atom. The molecule has 1 aromatic carbocycles. The van der Waals surface area contributed by atoms with Gasteiger partial charge in [0.15, 0.2) is 0 Å². The summed E-state index contributed by atoms with van der Waals surface area (Å²) in [6.45, 7) is 1.28. The summed E-state index contributed by atoms with van der Waals surface area (Å²) in [6, 6.07) is 8.34. The van der Waals surface area contributed by atoms with Gasteiger partial charge in [-0.3, -0.25) is 0 Å². The van der Waals surface area contributed by atoms with Crippen LogP contribution in [0.25, 0.3) is 0 Å². The first kappa shape index (κ1) is 13.1. The van der Waals surface area contributed by atoms with E-state index >= 15 is 0 Å². The van der Waals surface area contributed by atoms with E-state index in [1.165, 1.54) is 12.8 Å². The molecule has 1 fully saturated rings. The molecule has 1 aromatic heterocycles. The molecule has 0 spiro atoms. The fraction of sp³-hybridized carbons (Fsp3) is 0.400. The molecular weight excluding hydrogens is 256 g/mol. The van der Waals surface area contributed by atoms with Gasteiger partial charge in [0, 0.05) is 19.7 Å². The minimum Gasteiger partial charge on any atom is -0.417 e. The van der Waals surface area contributed by atoms with Gasteiger partial charge in [0.25, 0.3) is 0 Å². The molecule has 106 valence electrons. The van der Waals surface area contributed by atoms with Crippen molar-refractivity contribution < 1.29 is 13.9 Å². The molecule has 1 saturated carbocycles. The van der Waals surface area contributed by atoms with Crippen molar-refractivity contribution >= 4 is 0 Å². The maximum atomic E-state index is 5.61. The van der Waals surface area contributed by atoms with Crippen molar-refractivity contribution in [3.63, 3.8) is 0 Å². The number of methoxy groups -OCH3 is 1. The zero-order chi connectivity index (χ0) is 13.8. The third kappa shape index (κ3) is 3.59. The minimum absolute atomic E-state index is 0.271. The van der Waals surface area contributed by atoms with E-state index < -0.39 is 0 Å². The summed E-state index contributed by atoms with van der Waals surface area (Å²) in [5, 5.41) is 3.38. The normalized spacial score (nSPS) is 14.4. The van der Waals surface area contributed by atoms with E-state index in [2.05, 4.69) is 10.3 Å². The first-order valence-electron chi connectivity index (χ1n) is 6.77. The second-order valence-electron chi connectivity index (χ2n) is 4.94. The van der Waals surface area contributed by atoms with E-state index in [9.17, 15) is 0 Å². The molecule has 1 aliphatic rings. The lowest BCUT2D eigenvalue weighted by atomic mass is 10.2. The second-order valence-corrected chi connectivity index (χ2v) is 4.94. The van der Waals surface area contributed by atoms with Crippen LogP contribution in [0.5, 0.6) is 11.8 Å². The van der Waals surface area contributed by atoms with Crippen LogP contribution in [0.1, 0.15) is 24.1 Å². The van der Waals surface area contributed by atoms with Crippen LogP contribution >= 0.6 is 0 Å². The number of aromatic nitrogens is 1. The fourth-order valence-electron chi connectivity index (χ4n) is 1.92. The third-order valence-electron chi connectivity index (χ3n) is 3.09. The molecule has 0 aliphatic heterocycles. The van der Waals surface area contributed by atoms with Gasteiger partial charge >= 0.3 is 6.08 Å². The van der Waals surface area contributed by atoms with E-state index in [1.54, 1.807) is 13.4 Å². The van der Waals surface area contributed by atoms with E-state index in [1.807, 2.05) is 24.3 Å². The summed E-state index contributed by atoms with van der Waals surface area (Å²) >= 11 is 0. The monoisotopic (exact) mass is 274 g/mol. The number of ether oxygens (including phenoxy) is 2. The van der Waals surface area contributed by atoms with Crippen molar-refractivity contribution in [2.24, 2.45) is 0 Å². The maximum Gasteiger partial charge on any atom is 0.399 e. The Bertz CT molecular complexity index is 564. The largest absolute Gasteiger partial charge is 0.417 e. The number of hydrogen-bond acceptors (Lipinski definition) is 5. The van der Waals surface area contributed by atoms with E-state index in [0.717, 1.165) is 17.8 Å². The molecule has 0 saturated heterocycles. The van der Waals surface area contributed by atoms with E-state index in [0.29, 0.717) is 18.4 Å². The first-order valence-corrected chi connectivity index (χ1v) is 6.77. The molecule has 3 rings (SSSR count). The molecule has 0 radical (unpaired) electrons. The molecule has 0 bridgehead atoms. The van der Waals surface area contributed by atoms with Gasteiger partial charge in [-0.05, 0) is 30.5 Å². The van der Waals surface area contributed by atoms with Crippen LogP contribution in [0.2, 0.25) is 0 Å². The summed E-state index contributed by atoms with van der Waals surface area (Å²) in [4.78, 5) is 4.30. The van der Waals surface area contributed by atoms with Crippen molar-refractivity contribution in [2.75, 3.05) is 7.11 Å². The highest BCUT2D eigenvalue weighted by Gasteiger charge is 2.20. The third-order valence-corrected chi connectivity index (χ3v) is 3.09. The highest BCUT2D eigenvalue weighted by molar-refractivity contribution is 5.29. The SMILES string of the molecule is COCc1cccc(Oc2nc(CNC3CC3)co2)c1. The molecule has 2 aromatic rings. The number of benzene rings is 1. The lowest BCUT2D eigenvalue weighted by Crippen LogP contribution is -2.15. The number of nitrogens with one attached hydrogen (secondary N) is 1. The van der Waals surface area contributed by atoms with Gasteiger partial charge in [0.05, 0.1) is 12.3 Å². The minimum atomic E-state index is 0.271. The van der Waals surface area contributed by atoms with Crippen LogP contribution in [0.4, 0.5) is 0 Å². The van der Waals surface area contributed by atoms with Gasteiger partial charge in [-0.2, -0.15) is 4.98 Å². The van der Waals surface area contributed by atoms with Crippen LogP contribution in [0.3, 0.4) is 0 Å². The number of hydrogen-bond donors (Lipinski definition) is 1. The number of nitrogens with zero attached hydrogens (tertiary/aromatic N) is 1. The average molecular weight is 274 g/mol. The van der Waals surface area contributed by atoms with Gasteiger partial charge in [-0.15, -0.1) is 0 Å². The Morgan fingerprint density at radius 3 is 3.10 bits per heavy atom. The Labute approximate surface area is 117 Å². The number of oxazole rings is 1. The van der Waals surface area contributed by atoms with Crippen LogP contribution in [-0.2, 0) is 17.9 Å². The second kappa shape index (κ2) is 6.07. The quantitative estimate of drug-likeness (QED) is 0.841. The standard InChI is InChI=1S/C15H18N2O3/c1-18-9-11-3-2-4-14(7-11)20-15-17-13(10-19-15)8-16-12-5-6-12/h2-4,7,10,12,16H,5-6,8-9H2,1H3. The molecule has 1 heterocycles. The highest BCUT2D eigenvalue weighted by atomic mass is 16.6. The molecule has 0 atom stereocenters. The molecule has 5 heteroatoms. The Hall–Kier alpha value is -1.85. The van der Waals surface area contributed by atoms with Crippen LogP contribution in [0.15, 0.2) is 34.9 Å². The maximum absolute atomic E-state index is 5.61. The van der Waals surface area contributed by atoms with Crippen LogP contribution in [-0.4, -0.2) is 18.1 Å². The van der Waals surface area contributed by atoms with Gasteiger partial charge < -0.3 is 19.2 Å². The lowest BCUT2D eigenvalue weighted by Gasteiger charge is -2.03. The van der Waals surface area contributed by atoms with Crippen molar-refractivity contribution in [1.82, 2.24) is 10.3 Å². The van der Waals surface area contributed by atoms with Crippen molar-refractivity contribution in [3.05, 3.63) is 41.8 Å². The van der Waals surface area contributed by atoms with Crippen molar-refractivity contribution in [3.8, 4) is 11.8 Å². The van der Waals surface area contributed by atoms with Crippen molar-refractivity contribution in [2.45, 2.75) is 32.0 Å². The smallest absolute Gasteiger partial charge is 0.399 e. The zero-order valence-electron chi connectivity index (χ0n) is 11.5. The van der Waals surface area contributed by atoms with Gasteiger partial charge in [-0.25, -0.2) is 0 Å². The fourth-order valence-corrected chi connectivity index (χ4v) is 1.92. The lowest BCUT2D eigenvalue weighted by molar-refractivity contribution is 0.184. The average Bonchev–Trinajstić information content (AvgIpc) is 3.18. The van der Waals surface area contributed by atoms with Gasteiger partial charge in [0.2, 0.25) is 0 Å². The predicted molar refractivity (Wildman–Crippen MR) is 73.6 cm³/mol. The molecule has 0 amide bonds. The van der Waals surface area contributed by atoms with Crippen molar-refractivity contribution in [1.29, 1.82) is 0 Å². The number of rotatable bonds is 7. The Morgan fingerprint density at radius 2 is 2.30 bits per heavy atom. The first-order chi connectivity index (χ1) is 9.83. The summed E-state index contributed by atoms with van der Waals surface area (Å²) in [6.07, 6.45) is 4.41. The summed E-state index contributed by atoms with van der Waals surface area (Å²) in [5.74, 6) is 0.697.